The fraction of sp³-hybridized carbons (Fsp3) is 0.333. The number of anilines is 1. The summed E-state index contributed by atoms with van der Waals surface area (Å²) in [4.78, 5) is 14.6. The topological polar surface area (TPSA) is 65.2 Å². The van der Waals surface area contributed by atoms with Crippen molar-refractivity contribution >= 4 is 11.7 Å². The lowest BCUT2D eigenvalue weighted by Gasteiger charge is -2.11. The maximum absolute atomic E-state index is 12.8. The summed E-state index contributed by atoms with van der Waals surface area (Å²) in [6.45, 7) is 0.723. The first kappa shape index (κ1) is 11.4. The van der Waals surface area contributed by atoms with Gasteiger partial charge in [0.25, 0.3) is 5.92 Å². The van der Waals surface area contributed by atoms with Crippen LogP contribution >= 0.6 is 0 Å². The highest BCUT2D eigenvalue weighted by molar-refractivity contribution is 5.92. The minimum absolute atomic E-state index is 0.124. The Morgan fingerprint density at radius 1 is 1.60 bits per heavy atom. The van der Waals surface area contributed by atoms with Crippen LogP contribution in [0.4, 0.5) is 14.5 Å². The Bertz CT molecular complexity index is 388. The molecule has 1 aromatic rings. The zero-order valence-electron chi connectivity index (χ0n) is 8.25. The number of aromatic nitrogens is 1. The molecule has 0 atom stereocenters. The molecule has 0 saturated heterocycles. The predicted molar refractivity (Wildman–Crippen MR) is 49.6 cm³/mol. The van der Waals surface area contributed by atoms with Crippen LogP contribution in [0.25, 0.3) is 0 Å². The lowest BCUT2D eigenvalue weighted by molar-refractivity contribution is 0.0170. The van der Waals surface area contributed by atoms with Crippen molar-refractivity contribution in [2.75, 3.05) is 12.8 Å². The minimum atomic E-state index is -3.03. The number of halogens is 2. The van der Waals surface area contributed by atoms with Crippen LogP contribution in [-0.4, -0.2) is 18.1 Å². The van der Waals surface area contributed by atoms with E-state index in [1.807, 2.05) is 0 Å². The Morgan fingerprint density at radius 3 is 2.60 bits per heavy atom. The number of hydrogen-bond acceptors (Lipinski definition) is 4. The maximum Gasteiger partial charge on any atom is 0.358 e. The number of rotatable bonds is 2. The van der Waals surface area contributed by atoms with E-state index in [0.29, 0.717) is 0 Å². The van der Waals surface area contributed by atoms with Crippen molar-refractivity contribution < 1.29 is 18.3 Å². The number of ether oxygens (including phenoxy) is 1. The lowest BCUT2D eigenvalue weighted by atomic mass is 10.1. The van der Waals surface area contributed by atoms with E-state index in [1.165, 1.54) is 0 Å². The van der Waals surface area contributed by atoms with Crippen LogP contribution in [0.2, 0.25) is 0 Å². The van der Waals surface area contributed by atoms with Gasteiger partial charge in [-0.1, -0.05) is 0 Å². The summed E-state index contributed by atoms with van der Waals surface area (Å²) < 4.78 is 30.0. The molecule has 0 amide bonds. The fourth-order valence-corrected chi connectivity index (χ4v) is 0.989. The third kappa shape index (κ3) is 2.39. The number of hydrogen-bond donors (Lipinski definition) is 1. The predicted octanol–water partition coefficient (Wildman–Crippen LogP) is 1.56. The van der Waals surface area contributed by atoms with Crippen molar-refractivity contribution in [3.63, 3.8) is 0 Å². The highest BCUT2D eigenvalue weighted by Gasteiger charge is 2.26. The van der Waals surface area contributed by atoms with Crippen LogP contribution in [0.5, 0.6) is 0 Å². The van der Waals surface area contributed by atoms with Crippen LogP contribution < -0.4 is 5.73 Å². The third-order valence-corrected chi connectivity index (χ3v) is 1.80. The van der Waals surface area contributed by atoms with Crippen molar-refractivity contribution in [3.05, 3.63) is 23.5 Å². The number of alkyl halides is 2. The number of nitrogens with two attached hydrogens (primary N) is 1. The molecule has 2 N–H and O–H groups in total. The van der Waals surface area contributed by atoms with Gasteiger partial charge in [-0.05, 0) is 6.07 Å². The molecule has 1 heterocycles. The van der Waals surface area contributed by atoms with Crippen molar-refractivity contribution in [3.8, 4) is 0 Å². The Hall–Kier alpha value is -1.72. The van der Waals surface area contributed by atoms with Gasteiger partial charge in [-0.15, -0.1) is 0 Å². The summed E-state index contributed by atoms with van der Waals surface area (Å²) in [6.07, 6.45) is 0.905. The molecule has 0 aliphatic heterocycles. The van der Waals surface area contributed by atoms with E-state index in [2.05, 4.69) is 9.72 Å². The Kier molecular flexibility index (Phi) is 2.88. The standard InChI is InChI=1S/C9H10F2N2O2/c1-9(10,11)5-3-6(12)7(13-4-5)8(14)15-2/h3-4H,12H2,1-2H3. The van der Waals surface area contributed by atoms with Gasteiger partial charge in [0.2, 0.25) is 0 Å². The van der Waals surface area contributed by atoms with Gasteiger partial charge in [0.15, 0.2) is 5.69 Å². The average molecular weight is 216 g/mol. The molecular weight excluding hydrogens is 206 g/mol. The van der Waals surface area contributed by atoms with Crippen molar-refractivity contribution in [2.24, 2.45) is 0 Å². The molecular formula is C9H10F2N2O2. The fourth-order valence-electron chi connectivity index (χ4n) is 0.989. The summed E-state index contributed by atoms with van der Waals surface area (Å²) in [5, 5.41) is 0. The molecule has 15 heavy (non-hydrogen) atoms. The summed E-state index contributed by atoms with van der Waals surface area (Å²) in [7, 11) is 1.16. The van der Waals surface area contributed by atoms with E-state index in [9.17, 15) is 13.6 Å². The number of carbonyl (C=O) groups is 1. The van der Waals surface area contributed by atoms with E-state index >= 15 is 0 Å². The smallest absolute Gasteiger partial charge is 0.358 e. The first-order valence-corrected chi connectivity index (χ1v) is 4.08. The van der Waals surface area contributed by atoms with Gasteiger partial charge in [0.05, 0.1) is 12.8 Å². The third-order valence-electron chi connectivity index (χ3n) is 1.80. The van der Waals surface area contributed by atoms with E-state index in [-0.39, 0.29) is 16.9 Å². The molecule has 0 radical (unpaired) electrons. The maximum atomic E-state index is 12.8. The summed E-state index contributed by atoms with van der Waals surface area (Å²) >= 11 is 0. The van der Waals surface area contributed by atoms with Crippen LogP contribution in [0.15, 0.2) is 12.3 Å². The average Bonchev–Trinajstić information content (AvgIpc) is 2.15. The lowest BCUT2D eigenvalue weighted by Crippen LogP contribution is -2.13. The summed E-state index contributed by atoms with van der Waals surface area (Å²) in [6, 6.07) is 1.01. The summed E-state index contributed by atoms with van der Waals surface area (Å²) in [5.74, 6) is -3.78. The largest absolute Gasteiger partial charge is 0.464 e. The van der Waals surface area contributed by atoms with Crippen molar-refractivity contribution in [1.82, 2.24) is 4.98 Å². The molecule has 1 rings (SSSR count). The molecule has 0 aliphatic carbocycles. The van der Waals surface area contributed by atoms with Gasteiger partial charge in [0.1, 0.15) is 0 Å². The quantitative estimate of drug-likeness (QED) is 0.762. The Balaban J connectivity index is 3.15. The van der Waals surface area contributed by atoms with Gasteiger partial charge in [0, 0.05) is 18.7 Å². The number of nitrogens with zero attached hydrogens (tertiary/aromatic N) is 1. The summed E-state index contributed by atoms with van der Waals surface area (Å²) in [5.41, 5.74) is 4.77. The molecule has 6 heteroatoms. The van der Waals surface area contributed by atoms with Gasteiger partial charge in [-0.2, -0.15) is 0 Å². The van der Waals surface area contributed by atoms with Crippen molar-refractivity contribution in [2.45, 2.75) is 12.8 Å². The number of carbonyl (C=O) groups excluding carboxylic acids is 1. The zero-order chi connectivity index (χ0) is 11.6. The van der Waals surface area contributed by atoms with E-state index in [0.717, 1.165) is 26.3 Å². The molecule has 0 aliphatic rings. The molecule has 0 saturated carbocycles. The number of nitrogen functional groups attached to an aromatic ring is 1. The molecule has 4 nitrogen and oxygen atoms in total. The van der Waals surface area contributed by atoms with Crippen LogP contribution in [0.1, 0.15) is 23.0 Å². The first-order chi connectivity index (χ1) is 6.86. The molecule has 0 bridgehead atoms. The number of methoxy groups -OCH3 is 1. The van der Waals surface area contributed by atoms with Gasteiger partial charge < -0.3 is 10.5 Å². The molecule has 0 aromatic carbocycles. The number of pyridine rings is 1. The molecule has 1 aromatic heterocycles. The molecule has 0 spiro atoms. The Labute approximate surface area is 85.1 Å². The molecule has 0 unspecified atom stereocenters. The van der Waals surface area contributed by atoms with Crippen LogP contribution in [-0.2, 0) is 10.7 Å². The molecule has 0 fully saturated rings. The zero-order valence-corrected chi connectivity index (χ0v) is 8.25. The monoisotopic (exact) mass is 216 g/mol. The highest BCUT2D eigenvalue weighted by atomic mass is 19.3. The van der Waals surface area contributed by atoms with Crippen LogP contribution in [0, 0.1) is 0 Å². The van der Waals surface area contributed by atoms with Gasteiger partial charge in [-0.3, -0.25) is 0 Å². The second-order valence-electron chi connectivity index (χ2n) is 3.04. The van der Waals surface area contributed by atoms with E-state index in [4.69, 9.17) is 5.73 Å². The SMILES string of the molecule is COC(=O)c1ncc(C(C)(F)F)cc1N. The highest BCUT2D eigenvalue weighted by Crippen LogP contribution is 2.28. The van der Waals surface area contributed by atoms with Gasteiger partial charge in [-0.25, -0.2) is 18.6 Å². The minimum Gasteiger partial charge on any atom is -0.464 e. The molecule has 82 valence electrons. The van der Waals surface area contributed by atoms with E-state index < -0.39 is 11.9 Å². The van der Waals surface area contributed by atoms with E-state index in [1.54, 1.807) is 0 Å². The normalized spacial score (nSPS) is 11.2. The van der Waals surface area contributed by atoms with Gasteiger partial charge >= 0.3 is 5.97 Å². The number of esters is 1. The van der Waals surface area contributed by atoms with Crippen molar-refractivity contribution in [1.29, 1.82) is 0 Å². The first-order valence-electron chi connectivity index (χ1n) is 4.08. The second-order valence-corrected chi connectivity index (χ2v) is 3.04. The van der Waals surface area contributed by atoms with Crippen LogP contribution in [0.3, 0.4) is 0 Å². The Morgan fingerprint density at radius 2 is 2.20 bits per heavy atom. The second kappa shape index (κ2) is 3.80.